The number of fused-ring (bicyclic) bond motifs is 8. The summed E-state index contributed by atoms with van der Waals surface area (Å²) < 4.78 is 31.0. The third-order valence-electron chi connectivity index (χ3n) is 15.0. The van der Waals surface area contributed by atoms with Crippen molar-refractivity contribution in [2.45, 2.75) is 76.7 Å². The van der Waals surface area contributed by atoms with E-state index in [0.29, 0.717) is 25.1 Å². The van der Waals surface area contributed by atoms with E-state index in [-0.39, 0.29) is 24.9 Å². The third-order valence-corrected chi connectivity index (χ3v) is 15.0. The molecular formula is C61H64N2O7. The smallest absolute Gasteiger partial charge is 0.333 e. The lowest BCUT2D eigenvalue weighted by Crippen LogP contribution is -2.37. The van der Waals surface area contributed by atoms with Gasteiger partial charge in [-0.05, 0) is 121 Å². The molecule has 0 aromatic heterocycles. The number of carbonyl (C=O) groups excluding carboxylic acids is 2. The van der Waals surface area contributed by atoms with Gasteiger partial charge in [0.05, 0.1) is 33.1 Å². The van der Waals surface area contributed by atoms with Gasteiger partial charge in [-0.3, -0.25) is 4.79 Å². The van der Waals surface area contributed by atoms with Crippen molar-refractivity contribution in [2.75, 3.05) is 63.4 Å². The Bertz CT molecular complexity index is 2990. The van der Waals surface area contributed by atoms with Crippen molar-refractivity contribution in [1.29, 1.82) is 0 Å². The molecule has 70 heavy (non-hydrogen) atoms. The molecule has 9 heteroatoms. The molecule has 0 bridgehead atoms. The minimum atomic E-state index is -0.916. The van der Waals surface area contributed by atoms with Gasteiger partial charge in [-0.2, -0.15) is 0 Å². The summed E-state index contributed by atoms with van der Waals surface area (Å²) in [6.07, 6.45) is 10.8. The van der Waals surface area contributed by atoms with Crippen LogP contribution < -0.4 is 24.0 Å². The molecule has 10 rings (SSSR count). The van der Waals surface area contributed by atoms with Gasteiger partial charge in [-0.1, -0.05) is 99.3 Å². The van der Waals surface area contributed by atoms with E-state index in [2.05, 4.69) is 139 Å². The van der Waals surface area contributed by atoms with Gasteiger partial charge in [0.25, 0.3) is 0 Å². The fourth-order valence-electron chi connectivity index (χ4n) is 11.4. The molecule has 0 saturated carbocycles. The normalized spacial score (nSPS) is 18.8. The predicted octanol–water partition coefficient (Wildman–Crippen LogP) is 12.8. The van der Waals surface area contributed by atoms with Crippen LogP contribution in [0.3, 0.4) is 0 Å². The molecule has 3 heterocycles. The molecule has 0 radical (unpaired) electrons. The SMILES string of the molecule is C=C(C)C(=O)OCCCC(=O)OCC1CCCN(c2cc3c4c(c5c(c3cc2OC)OC(c2ccccc2)(c2ccc(N3CCCCC3)cc2)C=C5)C(C)(C)c2cc(-c3ccccc3OC)ccc2-4)C1. The summed E-state index contributed by atoms with van der Waals surface area (Å²) in [5.41, 5.74) is 11.5. The average molecular weight is 937 g/mol. The van der Waals surface area contributed by atoms with Crippen molar-refractivity contribution in [3.63, 3.8) is 0 Å². The molecule has 6 aromatic rings. The van der Waals surface area contributed by atoms with Crippen molar-refractivity contribution in [2.24, 2.45) is 5.92 Å². The summed E-state index contributed by atoms with van der Waals surface area (Å²) in [6.45, 7) is 14.1. The molecule has 9 nitrogen and oxygen atoms in total. The van der Waals surface area contributed by atoms with Crippen molar-refractivity contribution in [3.05, 3.63) is 155 Å². The first-order valence-electron chi connectivity index (χ1n) is 25.0. The fraction of sp³-hybridized carbons (Fsp3) is 0.344. The van der Waals surface area contributed by atoms with Crippen LogP contribution in [-0.2, 0) is 30.1 Å². The number of benzene rings is 6. The second-order valence-corrected chi connectivity index (χ2v) is 19.9. The van der Waals surface area contributed by atoms with Crippen molar-refractivity contribution < 1.29 is 33.3 Å². The van der Waals surface area contributed by atoms with E-state index >= 15 is 0 Å². The first-order chi connectivity index (χ1) is 34.0. The number of ether oxygens (including phenoxy) is 5. The summed E-state index contributed by atoms with van der Waals surface area (Å²) in [4.78, 5) is 29.5. The molecule has 0 N–H and O–H groups in total. The third kappa shape index (κ3) is 8.58. The van der Waals surface area contributed by atoms with Gasteiger partial charge < -0.3 is 33.5 Å². The Balaban J connectivity index is 1.07. The first-order valence-corrected chi connectivity index (χ1v) is 25.0. The number of para-hydroxylation sites is 1. The van der Waals surface area contributed by atoms with Crippen LogP contribution in [0.5, 0.6) is 17.2 Å². The molecule has 2 atom stereocenters. The molecule has 1 aliphatic carbocycles. The average Bonchev–Trinajstić information content (AvgIpc) is 3.64. The maximum absolute atomic E-state index is 12.8. The minimum absolute atomic E-state index is 0.128. The van der Waals surface area contributed by atoms with Gasteiger partial charge in [0.15, 0.2) is 5.60 Å². The second kappa shape index (κ2) is 19.4. The summed E-state index contributed by atoms with van der Waals surface area (Å²) >= 11 is 0. The van der Waals surface area contributed by atoms with Crippen LogP contribution in [0.1, 0.15) is 93.5 Å². The Morgan fingerprint density at radius 1 is 0.757 bits per heavy atom. The van der Waals surface area contributed by atoms with Crippen LogP contribution in [0.25, 0.3) is 39.1 Å². The summed E-state index contributed by atoms with van der Waals surface area (Å²) in [5.74, 6) is 1.81. The lowest BCUT2D eigenvalue weighted by molar-refractivity contribution is -0.147. The van der Waals surface area contributed by atoms with E-state index in [1.807, 2.05) is 12.1 Å². The zero-order chi connectivity index (χ0) is 48.6. The molecule has 0 spiro atoms. The summed E-state index contributed by atoms with van der Waals surface area (Å²) in [6, 6.07) is 39.3. The van der Waals surface area contributed by atoms with E-state index in [4.69, 9.17) is 23.7 Å². The number of piperidine rings is 2. The molecule has 4 aliphatic rings. The molecular weight excluding hydrogens is 873 g/mol. The van der Waals surface area contributed by atoms with E-state index in [1.54, 1.807) is 21.1 Å². The van der Waals surface area contributed by atoms with Crippen LogP contribution in [0, 0.1) is 5.92 Å². The predicted molar refractivity (Wildman–Crippen MR) is 280 cm³/mol. The Kier molecular flexibility index (Phi) is 13.0. The van der Waals surface area contributed by atoms with Gasteiger partial charge in [0, 0.05) is 82.8 Å². The molecule has 0 amide bonds. The second-order valence-electron chi connectivity index (χ2n) is 19.9. The van der Waals surface area contributed by atoms with E-state index in [9.17, 15) is 9.59 Å². The molecule has 3 aliphatic heterocycles. The fourth-order valence-corrected chi connectivity index (χ4v) is 11.4. The van der Waals surface area contributed by atoms with Gasteiger partial charge in [-0.25, -0.2) is 4.79 Å². The highest BCUT2D eigenvalue weighted by Gasteiger charge is 2.45. The van der Waals surface area contributed by atoms with Gasteiger partial charge in [-0.15, -0.1) is 0 Å². The Morgan fingerprint density at radius 3 is 2.24 bits per heavy atom. The Morgan fingerprint density at radius 2 is 1.49 bits per heavy atom. The van der Waals surface area contributed by atoms with Crippen LogP contribution in [-0.4, -0.2) is 65.6 Å². The largest absolute Gasteiger partial charge is 0.496 e. The highest BCUT2D eigenvalue weighted by molar-refractivity contribution is 6.10. The zero-order valence-electron chi connectivity index (χ0n) is 41.3. The first kappa shape index (κ1) is 46.7. The number of carbonyl (C=O) groups is 2. The number of nitrogens with zero attached hydrogens (tertiary/aromatic N) is 2. The van der Waals surface area contributed by atoms with Gasteiger partial charge in [0.2, 0.25) is 0 Å². The van der Waals surface area contributed by atoms with Crippen LogP contribution in [0.2, 0.25) is 0 Å². The highest BCUT2D eigenvalue weighted by Crippen LogP contribution is 2.60. The van der Waals surface area contributed by atoms with Crippen molar-refractivity contribution in [1.82, 2.24) is 0 Å². The summed E-state index contributed by atoms with van der Waals surface area (Å²) in [5, 5.41) is 2.08. The van der Waals surface area contributed by atoms with Crippen LogP contribution in [0.15, 0.2) is 127 Å². The number of methoxy groups -OCH3 is 2. The van der Waals surface area contributed by atoms with Crippen LogP contribution in [0.4, 0.5) is 11.4 Å². The van der Waals surface area contributed by atoms with Crippen molar-refractivity contribution in [3.8, 4) is 39.5 Å². The van der Waals surface area contributed by atoms with E-state index in [1.165, 1.54) is 47.2 Å². The molecule has 2 unspecified atom stereocenters. The molecule has 6 aromatic carbocycles. The lowest BCUT2D eigenvalue weighted by atomic mass is 9.76. The van der Waals surface area contributed by atoms with E-state index < -0.39 is 17.0 Å². The Hall–Kier alpha value is -7.00. The number of hydrogen-bond donors (Lipinski definition) is 0. The van der Waals surface area contributed by atoms with Crippen LogP contribution >= 0.6 is 0 Å². The Labute approximate surface area is 412 Å². The number of esters is 2. The maximum Gasteiger partial charge on any atom is 0.333 e. The minimum Gasteiger partial charge on any atom is -0.496 e. The van der Waals surface area contributed by atoms with E-state index in [0.717, 1.165) is 94.0 Å². The number of anilines is 2. The monoisotopic (exact) mass is 936 g/mol. The summed E-state index contributed by atoms with van der Waals surface area (Å²) in [7, 11) is 3.48. The number of rotatable bonds is 14. The topological polar surface area (TPSA) is 86.8 Å². The number of hydrogen-bond acceptors (Lipinski definition) is 9. The maximum atomic E-state index is 12.8. The molecule has 2 fully saturated rings. The highest BCUT2D eigenvalue weighted by atomic mass is 16.5. The lowest BCUT2D eigenvalue weighted by Gasteiger charge is -2.39. The zero-order valence-corrected chi connectivity index (χ0v) is 41.3. The quantitative estimate of drug-likeness (QED) is 0.0602. The molecule has 2 saturated heterocycles. The molecule has 360 valence electrons. The van der Waals surface area contributed by atoms with Crippen molar-refractivity contribution >= 4 is 40.2 Å². The van der Waals surface area contributed by atoms with Gasteiger partial charge in [0.1, 0.15) is 17.2 Å². The van der Waals surface area contributed by atoms with Gasteiger partial charge >= 0.3 is 11.9 Å². The standard InChI is InChI=1S/C61H64N2O7/c1-40(2)59(65)68-34-16-22-55(64)69-39-41-17-15-33-63(38-41)52-36-49-50(37-54(52)67-6)58-48(57-56(49)47-28-23-42(35-51(47)60(57,3)4)46-20-11-12-21-53(46)66-5)29-30-61(70-58,43-18-9-7-10-19-43)44-24-26-45(27-25-44)62-31-13-8-14-32-62/h7,9-12,18-21,23-30,35-37,41H,1,8,13-17,22,31-34,38-39H2,2-6H3.